The first-order valence-electron chi connectivity index (χ1n) is 6.79. The minimum absolute atomic E-state index is 0.0912. The number of alkyl halides is 1. The average molecular weight is 451 g/mol. The summed E-state index contributed by atoms with van der Waals surface area (Å²) in [6.07, 6.45) is 0. The van der Waals surface area contributed by atoms with Crippen molar-refractivity contribution in [2.45, 2.75) is 17.5 Å². The van der Waals surface area contributed by atoms with Gasteiger partial charge in [0, 0.05) is 11.6 Å². The van der Waals surface area contributed by atoms with Crippen molar-refractivity contribution >= 4 is 34.2 Å². The van der Waals surface area contributed by atoms with Crippen LogP contribution in [0.25, 0.3) is 11.1 Å². The van der Waals surface area contributed by atoms with Crippen molar-refractivity contribution < 1.29 is 27.1 Å². The summed E-state index contributed by atoms with van der Waals surface area (Å²) in [7, 11) is 0. The van der Waals surface area contributed by atoms with Crippen LogP contribution in [0.4, 0.5) is 23.2 Å². The SMILES string of the molecule is Cc1c(-c2cc3c(cc2F)OC(C)(I)C(=O)N3)cc(F)c(F)c1F. The molecule has 24 heavy (non-hydrogen) atoms. The number of nitrogens with one attached hydrogen (secondary N) is 1. The molecule has 1 unspecified atom stereocenters. The molecule has 0 spiro atoms. The number of anilines is 1. The van der Waals surface area contributed by atoms with Crippen molar-refractivity contribution in [1.29, 1.82) is 0 Å². The lowest BCUT2D eigenvalue weighted by atomic mass is 9.98. The van der Waals surface area contributed by atoms with Gasteiger partial charge in [-0.3, -0.25) is 4.79 Å². The van der Waals surface area contributed by atoms with Gasteiger partial charge in [-0.2, -0.15) is 0 Å². The highest BCUT2D eigenvalue weighted by Crippen LogP contribution is 2.41. The molecule has 3 rings (SSSR count). The van der Waals surface area contributed by atoms with Gasteiger partial charge in [-0.15, -0.1) is 0 Å². The monoisotopic (exact) mass is 451 g/mol. The Morgan fingerprint density at radius 1 is 1.04 bits per heavy atom. The molecular weight excluding hydrogens is 441 g/mol. The Kier molecular flexibility index (Phi) is 3.97. The molecule has 0 aliphatic carbocycles. The summed E-state index contributed by atoms with van der Waals surface area (Å²) in [6, 6.07) is 2.93. The first kappa shape index (κ1) is 17.0. The van der Waals surface area contributed by atoms with Crippen molar-refractivity contribution in [2.75, 3.05) is 5.32 Å². The van der Waals surface area contributed by atoms with E-state index >= 15 is 0 Å². The smallest absolute Gasteiger partial charge is 0.278 e. The number of hydrogen-bond donors (Lipinski definition) is 1. The van der Waals surface area contributed by atoms with Crippen LogP contribution in [0, 0.1) is 30.2 Å². The Bertz CT molecular complexity index is 883. The molecule has 1 N–H and O–H groups in total. The molecule has 2 aromatic rings. The van der Waals surface area contributed by atoms with E-state index in [-0.39, 0.29) is 28.1 Å². The van der Waals surface area contributed by atoms with Gasteiger partial charge in [0.25, 0.3) is 5.91 Å². The maximum Gasteiger partial charge on any atom is 0.278 e. The number of amides is 1. The van der Waals surface area contributed by atoms with Crippen LogP contribution >= 0.6 is 22.6 Å². The van der Waals surface area contributed by atoms with Gasteiger partial charge in [0.15, 0.2) is 17.5 Å². The molecule has 0 aromatic heterocycles. The van der Waals surface area contributed by atoms with E-state index in [9.17, 15) is 22.4 Å². The lowest BCUT2D eigenvalue weighted by molar-refractivity contribution is -0.123. The molecule has 1 aliphatic heterocycles. The van der Waals surface area contributed by atoms with Crippen LogP contribution in [0.15, 0.2) is 18.2 Å². The molecule has 1 atom stereocenters. The molecule has 8 heteroatoms. The zero-order valence-electron chi connectivity index (χ0n) is 12.4. The van der Waals surface area contributed by atoms with Gasteiger partial charge in [-0.25, -0.2) is 17.6 Å². The molecule has 126 valence electrons. The lowest BCUT2D eigenvalue weighted by Gasteiger charge is -2.30. The summed E-state index contributed by atoms with van der Waals surface area (Å²) in [6.45, 7) is 2.72. The first-order valence-corrected chi connectivity index (χ1v) is 7.87. The fraction of sp³-hybridized carbons (Fsp3) is 0.188. The average Bonchev–Trinajstić information content (AvgIpc) is 2.50. The molecule has 2 aromatic carbocycles. The standard InChI is InChI=1S/C16H10F4INO2/c1-6-7(3-10(18)14(20)13(6)19)8-4-11-12(5-9(8)17)24-16(2,21)15(23)22-11/h3-5H,1-2H3,(H,22,23). The van der Waals surface area contributed by atoms with Crippen LogP contribution in [0.1, 0.15) is 12.5 Å². The van der Waals surface area contributed by atoms with Gasteiger partial charge in [0.1, 0.15) is 11.6 Å². The Morgan fingerprint density at radius 3 is 2.38 bits per heavy atom. The molecule has 0 saturated heterocycles. The minimum atomic E-state index is -1.62. The Hall–Kier alpha value is -1.84. The second-order valence-corrected chi connectivity index (χ2v) is 7.52. The van der Waals surface area contributed by atoms with Gasteiger partial charge in [-0.1, -0.05) is 0 Å². The summed E-state index contributed by atoms with van der Waals surface area (Å²) < 4.78 is 59.2. The maximum absolute atomic E-state index is 14.4. The highest BCUT2D eigenvalue weighted by Gasteiger charge is 2.38. The number of ether oxygens (including phenoxy) is 1. The highest BCUT2D eigenvalue weighted by atomic mass is 127. The number of fused-ring (bicyclic) bond motifs is 1. The van der Waals surface area contributed by atoms with E-state index in [1.165, 1.54) is 19.9 Å². The first-order chi connectivity index (χ1) is 11.1. The number of rotatable bonds is 1. The third-order valence-corrected chi connectivity index (χ3v) is 4.43. The fourth-order valence-corrected chi connectivity index (χ4v) is 2.77. The summed E-state index contributed by atoms with van der Waals surface area (Å²) in [4.78, 5) is 11.9. The minimum Gasteiger partial charge on any atom is -0.465 e. The summed E-state index contributed by atoms with van der Waals surface area (Å²) in [5, 5.41) is 2.55. The summed E-state index contributed by atoms with van der Waals surface area (Å²) in [5.41, 5.74) is -0.404. The Balaban J connectivity index is 2.19. The predicted octanol–water partition coefficient (Wildman–Crippen LogP) is 4.70. The quantitative estimate of drug-likeness (QED) is 0.296. The van der Waals surface area contributed by atoms with E-state index in [4.69, 9.17) is 4.74 Å². The zero-order valence-corrected chi connectivity index (χ0v) is 14.6. The van der Waals surface area contributed by atoms with Gasteiger partial charge >= 0.3 is 0 Å². The topological polar surface area (TPSA) is 38.3 Å². The number of benzene rings is 2. The van der Waals surface area contributed by atoms with Crippen molar-refractivity contribution in [1.82, 2.24) is 0 Å². The van der Waals surface area contributed by atoms with E-state index in [2.05, 4.69) is 5.32 Å². The number of hydrogen-bond acceptors (Lipinski definition) is 2. The van der Waals surface area contributed by atoms with Crippen molar-refractivity contribution in [3.8, 4) is 16.9 Å². The van der Waals surface area contributed by atoms with Gasteiger partial charge in [0.05, 0.1) is 5.69 Å². The Labute approximate surface area is 148 Å². The molecule has 3 nitrogen and oxygen atoms in total. The number of carbonyl (C=O) groups excluding carboxylic acids is 1. The van der Waals surface area contributed by atoms with E-state index in [1.54, 1.807) is 22.6 Å². The maximum atomic E-state index is 14.4. The Morgan fingerprint density at radius 2 is 1.71 bits per heavy atom. The molecular formula is C16H10F4INO2. The van der Waals surface area contributed by atoms with E-state index in [0.29, 0.717) is 6.07 Å². The van der Waals surface area contributed by atoms with E-state index in [1.807, 2.05) is 0 Å². The van der Waals surface area contributed by atoms with Crippen LogP contribution in [0.3, 0.4) is 0 Å². The second kappa shape index (κ2) is 5.61. The van der Waals surface area contributed by atoms with Crippen LogP contribution in [0.2, 0.25) is 0 Å². The van der Waals surface area contributed by atoms with E-state index in [0.717, 1.165) is 6.07 Å². The number of carbonyl (C=O) groups is 1. The molecule has 0 radical (unpaired) electrons. The third-order valence-electron chi connectivity index (χ3n) is 3.72. The van der Waals surface area contributed by atoms with Crippen LogP contribution in [0.5, 0.6) is 5.75 Å². The van der Waals surface area contributed by atoms with E-state index < -0.39 is 32.8 Å². The van der Waals surface area contributed by atoms with Gasteiger partial charge < -0.3 is 10.1 Å². The van der Waals surface area contributed by atoms with Crippen molar-refractivity contribution in [2.24, 2.45) is 0 Å². The lowest BCUT2D eigenvalue weighted by Crippen LogP contribution is -2.43. The highest BCUT2D eigenvalue weighted by molar-refractivity contribution is 14.1. The van der Waals surface area contributed by atoms with Gasteiger partial charge in [-0.05, 0) is 59.7 Å². The summed E-state index contributed by atoms with van der Waals surface area (Å²) in [5.74, 6) is -5.61. The molecule has 0 fully saturated rings. The molecule has 1 aliphatic rings. The number of halogens is 5. The molecule has 1 amide bonds. The van der Waals surface area contributed by atoms with Crippen LogP contribution < -0.4 is 10.1 Å². The molecule has 1 heterocycles. The largest absolute Gasteiger partial charge is 0.465 e. The fourth-order valence-electron chi connectivity index (χ4n) is 2.40. The van der Waals surface area contributed by atoms with Crippen molar-refractivity contribution in [3.05, 3.63) is 47.0 Å². The van der Waals surface area contributed by atoms with Crippen LogP contribution in [-0.4, -0.2) is 9.51 Å². The zero-order chi connectivity index (χ0) is 17.8. The normalized spacial score (nSPS) is 19.5. The molecule has 0 saturated carbocycles. The van der Waals surface area contributed by atoms with Gasteiger partial charge in [0.2, 0.25) is 3.61 Å². The molecule has 0 bridgehead atoms. The van der Waals surface area contributed by atoms with Crippen LogP contribution in [-0.2, 0) is 4.79 Å². The van der Waals surface area contributed by atoms with Crippen molar-refractivity contribution in [3.63, 3.8) is 0 Å². The third kappa shape index (κ3) is 2.62. The predicted molar refractivity (Wildman–Crippen MR) is 88.1 cm³/mol. The summed E-state index contributed by atoms with van der Waals surface area (Å²) >= 11 is 1.77. The second-order valence-electron chi connectivity index (χ2n) is 5.46.